The minimum atomic E-state index is -0.575. The summed E-state index contributed by atoms with van der Waals surface area (Å²) in [6.45, 7) is -0.284. The maximum atomic E-state index is 11.7. The lowest BCUT2D eigenvalue weighted by atomic mass is 10.1. The molecular formula is C16H12ClN3O6. The number of hydrogen-bond donors (Lipinski definition) is 1. The maximum absolute atomic E-state index is 11.7. The second-order valence-corrected chi connectivity index (χ2v) is 5.49. The first-order valence-electron chi connectivity index (χ1n) is 7.31. The summed E-state index contributed by atoms with van der Waals surface area (Å²) in [5.74, 6) is 0.600. The van der Waals surface area contributed by atoms with Gasteiger partial charge in [-0.25, -0.2) is 5.43 Å². The number of nitro benzene ring substituents is 1. The van der Waals surface area contributed by atoms with E-state index in [9.17, 15) is 14.9 Å². The Morgan fingerprint density at radius 2 is 2.00 bits per heavy atom. The van der Waals surface area contributed by atoms with Gasteiger partial charge in [-0.1, -0.05) is 11.6 Å². The number of halogens is 1. The van der Waals surface area contributed by atoms with Gasteiger partial charge in [0, 0.05) is 5.02 Å². The second-order valence-electron chi connectivity index (χ2n) is 5.06. The Bertz CT molecular complexity index is 869. The van der Waals surface area contributed by atoms with Crippen LogP contribution in [0.3, 0.4) is 0 Å². The van der Waals surface area contributed by atoms with Gasteiger partial charge in [-0.2, -0.15) is 5.10 Å². The lowest BCUT2D eigenvalue weighted by molar-refractivity contribution is -0.385. The highest BCUT2D eigenvalue weighted by molar-refractivity contribution is 6.30. The standard InChI is InChI=1S/C16H12ClN3O6/c17-11-1-3-12(4-2-11)24-8-16(21)19-18-7-10-5-14-15(26-9-25-14)6-13(10)20(22)23/h1-7H,8-9H2,(H,19,21)/b18-7-. The van der Waals surface area contributed by atoms with E-state index in [0.29, 0.717) is 16.5 Å². The number of nitro groups is 1. The van der Waals surface area contributed by atoms with E-state index < -0.39 is 10.8 Å². The van der Waals surface area contributed by atoms with Gasteiger partial charge in [0.05, 0.1) is 22.8 Å². The average molecular weight is 378 g/mol. The van der Waals surface area contributed by atoms with E-state index in [1.807, 2.05) is 0 Å². The number of amides is 1. The van der Waals surface area contributed by atoms with Crippen LogP contribution < -0.4 is 19.6 Å². The van der Waals surface area contributed by atoms with Crippen LogP contribution in [0.4, 0.5) is 5.69 Å². The molecule has 0 radical (unpaired) electrons. The number of hydrazone groups is 1. The summed E-state index contributed by atoms with van der Waals surface area (Å²) in [5, 5.41) is 15.4. The Morgan fingerprint density at radius 3 is 2.69 bits per heavy atom. The van der Waals surface area contributed by atoms with Crippen molar-refractivity contribution in [1.82, 2.24) is 5.43 Å². The Hall–Kier alpha value is -3.33. The van der Waals surface area contributed by atoms with Gasteiger partial charge in [0.25, 0.3) is 11.6 Å². The molecule has 0 saturated carbocycles. The van der Waals surface area contributed by atoms with Crippen molar-refractivity contribution in [2.75, 3.05) is 13.4 Å². The van der Waals surface area contributed by atoms with Crippen LogP contribution >= 0.6 is 11.6 Å². The number of nitrogens with zero attached hydrogens (tertiary/aromatic N) is 2. The molecule has 1 aliphatic rings. The van der Waals surface area contributed by atoms with Crippen molar-refractivity contribution < 1.29 is 23.9 Å². The average Bonchev–Trinajstić information content (AvgIpc) is 3.08. The molecule has 0 bridgehead atoms. The largest absolute Gasteiger partial charge is 0.484 e. The molecule has 3 rings (SSSR count). The molecule has 0 saturated heterocycles. The van der Waals surface area contributed by atoms with Crippen molar-refractivity contribution in [3.8, 4) is 17.2 Å². The van der Waals surface area contributed by atoms with Crippen LogP contribution in [0.2, 0.25) is 5.02 Å². The number of nitrogens with one attached hydrogen (secondary N) is 1. The van der Waals surface area contributed by atoms with Crippen LogP contribution in [0, 0.1) is 10.1 Å². The zero-order valence-electron chi connectivity index (χ0n) is 13.2. The molecule has 1 N–H and O–H groups in total. The fourth-order valence-electron chi connectivity index (χ4n) is 2.09. The Morgan fingerprint density at radius 1 is 1.31 bits per heavy atom. The molecule has 0 aromatic heterocycles. The molecule has 134 valence electrons. The monoisotopic (exact) mass is 377 g/mol. The molecule has 0 unspecified atom stereocenters. The summed E-state index contributed by atoms with van der Waals surface area (Å²) in [4.78, 5) is 22.3. The summed E-state index contributed by atoms with van der Waals surface area (Å²) < 4.78 is 15.5. The summed E-state index contributed by atoms with van der Waals surface area (Å²) in [5.41, 5.74) is 2.18. The lowest BCUT2D eigenvalue weighted by Crippen LogP contribution is -2.24. The minimum absolute atomic E-state index is 0.00808. The van der Waals surface area contributed by atoms with E-state index in [-0.39, 0.29) is 30.4 Å². The number of carbonyl (C=O) groups excluding carboxylic acids is 1. The third-order valence-electron chi connectivity index (χ3n) is 3.30. The Labute approximate surface area is 152 Å². The van der Waals surface area contributed by atoms with E-state index in [0.717, 1.165) is 6.21 Å². The molecule has 9 nitrogen and oxygen atoms in total. The van der Waals surface area contributed by atoms with Crippen molar-refractivity contribution in [3.63, 3.8) is 0 Å². The number of benzene rings is 2. The van der Waals surface area contributed by atoms with E-state index >= 15 is 0 Å². The molecule has 26 heavy (non-hydrogen) atoms. The van der Waals surface area contributed by atoms with Gasteiger partial charge >= 0.3 is 0 Å². The van der Waals surface area contributed by atoms with Gasteiger partial charge in [-0.3, -0.25) is 14.9 Å². The summed E-state index contributed by atoms with van der Waals surface area (Å²) in [6.07, 6.45) is 1.15. The molecule has 10 heteroatoms. The first-order valence-corrected chi connectivity index (χ1v) is 7.69. The normalized spacial score (nSPS) is 12.2. The second kappa shape index (κ2) is 7.70. The number of ether oxygens (including phenoxy) is 3. The fraction of sp³-hybridized carbons (Fsp3) is 0.125. The Kier molecular flexibility index (Phi) is 5.18. The van der Waals surface area contributed by atoms with E-state index in [2.05, 4.69) is 10.5 Å². The van der Waals surface area contributed by atoms with Gasteiger partial charge in [0.2, 0.25) is 6.79 Å². The maximum Gasteiger partial charge on any atom is 0.282 e. The molecule has 0 atom stereocenters. The fourth-order valence-corrected chi connectivity index (χ4v) is 2.22. The lowest BCUT2D eigenvalue weighted by Gasteiger charge is -2.05. The number of rotatable bonds is 6. The molecular weight excluding hydrogens is 366 g/mol. The van der Waals surface area contributed by atoms with Crippen LogP contribution in [0.1, 0.15) is 5.56 Å². The SMILES string of the molecule is O=C(COc1ccc(Cl)cc1)N/N=C\c1cc2c(cc1[N+](=O)[O-])OCO2. The van der Waals surface area contributed by atoms with Crippen LogP contribution in [0.25, 0.3) is 0 Å². The predicted molar refractivity (Wildman–Crippen MR) is 91.9 cm³/mol. The first-order chi connectivity index (χ1) is 12.5. The van der Waals surface area contributed by atoms with Crippen molar-refractivity contribution >= 4 is 29.4 Å². The van der Waals surface area contributed by atoms with E-state index in [4.69, 9.17) is 25.8 Å². The van der Waals surface area contributed by atoms with Gasteiger partial charge in [0.15, 0.2) is 18.1 Å². The summed E-state index contributed by atoms with van der Waals surface area (Å²) >= 11 is 5.75. The van der Waals surface area contributed by atoms with Crippen LogP contribution in [0.15, 0.2) is 41.5 Å². The van der Waals surface area contributed by atoms with Crippen LogP contribution in [-0.4, -0.2) is 30.4 Å². The van der Waals surface area contributed by atoms with E-state index in [1.54, 1.807) is 24.3 Å². The minimum Gasteiger partial charge on any atom is -0.484 e. The number of hydrogen-bond acceptors (Lipinski definition) is 7. The number of fused-ring (bicyclic) bond motifs is 1. The highest BCUT2D eigenvalue weighted by atomic mass is 35.5. The van der Waals surface area contributed by atoms with Crippen molar-refractivity contribution in [1.29, 1.82) is 0 Å². The molecule has 2 aromatic carbocycles. The van der Waals surface area contributed by atoms with Crippen molar-refractivity contribution in [2.24, 2.45) is 5.10 Å². The molecule has 0 fully saturated rings. The molecule has 1 heterocycles. The molecule has 0 aliphatic carbocycles. The highest BCUT2D eigenvalue weighted by Crippen LogP contribution is 2.37. The molecule has 2 aromatic rings. The summed E-state index contributed by atoms with van der Waals surface area (Å²) in [7, 11) is 0. The molecule has 0 spiro atoms. The Balaban J connectivity index is 1.60. The topological polar surface area (TPSA) is 112 Å². The van der Waals surface area contributed by atoms with Crippen LogP contribution in [0.5, 0.6) is 17.2 Å². The van der Waals surface area contributed by atoms with Gasteiger partial charge in [-0.05, 0) is 30.3 Å². The van der Waals surface area contributed by atoms with Crippen molar-refractivity contribution in [3.05, 3.63) is 57.1 Å². The van der Waals surface area contributed by atoms with E-state index in [1.165, 1.54) is 12.1 Å². The van der Waals surface area contributed by atoms with Crippen molar-refractivity contribution in [2.45, 2.75) is 0 Å². The first kappa shape index (κ1) is 17.5. The zero-order chi connectivity index (χ0) is 18.5. The predicted octanol–water partition coefficient (Wildman–Crippen LogP) is 2.51. The van der Waals surface area contributed by atoms with Crippen LogP contribution in [-0.2, 0) is 4.79 Å². The van der Waals surface area contributed by atoms with Gasteiger partial charge < -0.3 is 14.2 Å². The quantitative estimate of drug-likeness (QED) is 0.470. The molecule has 1 amide bonds. The smallest absolute Gasteiger partial charge is 0.282 e. The highest BCUT2D eigenvalue weighted by Gasteiger charge is 2.22. The molecule has 1 aliphatic heterocycles. The van der Waals surface area contributed by atoms with Gasteiger partial charge in [0.1, 0.15) is 5.75 Å². The summed E-state index contributed by atoms with van der Waals surface area (Å²) in [6, 6.07) is 9.16. The number of carbonyl (C=O) groups is 1. The van der Waals surface area contributed by atoms with Gasteiger partial charge in [-0.15, -0.1) is 0 Å². The third-order valence-corrected chi connectivity index (χ3v) is 3.55. The third kappa shape index (κ3) is 4.19. The zero-order valence-corrected chi connectivity index (χ0v) is 13.9.